The lowest BCUT2D eigenvalue weighted by molar-refractivity contribution is -0.385. The van der Waals surface area contributed by atoms with Crippen molar-refractivity contribution in [3.63, 3.8) is 0 Å². The maximum absolute atomic E-state index is 13.8. The van der Waals surface area contributed by atoms with Gasteiger partial charge < -0.3 is 0 Å². The van der Waals surface area contributed by atoms with Crippen LogP contribution >= 0.6 is 75.3 Å². The topological polar surface area (TPSA) is 144 Å². The molecule has 0 N–H and O–H groups in total. The maximum atomic E-state index is 13.8. The van der Waals surface area contributed by atoms with Crippen molar-refractivity contribution in [1.29, 1.82) is 0 Å². The minimum Gasteiger partial charge on any atom is -0.267 e. The van der Waals surface area contributed by atoms with E-state index in [1.807, 2.05) is 0 Å². The van der Waals surface area contributed by atoms with Crippen molar-refractivity contribution in [2.24, 2.45) is 0 Å². The summed E-state index contributed by atoms with van der Waals surface area (Å²) in [6, 6.07) is 8.59. The van der Waals surface area contributed by atoms with E-state index in [4.69, 9.17) is 11.6 Å². The SMILES string of the molecule is O=C(c1ccccc1[N+](=O)[O-])N(Cc1ccc(Cl)cc1[N+](=O)[O-])N1C(=O)c2c(Br)c(Br)c(Br)c(Br)c2C1=O. The molecule has 0 spiro atoms. The molecule has 1 aliphatic rings. The fourth-order valence-corrected chi connectivity index (χ4v) is 6.37. The molecule has 0 unspecified atom stereocenters. The molecule has 1 aliphatic heterocycles. The molecule has 38 heavy (non-hydrogen) atoms. The van der Waals surface area contributed by atoms with Crippen molar-refractivity contribution in [2.45, 2.75) is 6.54 Å². The van der Waals surface area contributed by atoms with Crippen LogP contribution in [0.2, 0.25) is 5.02 Å². The Bertz CT molecular complexity index is 1550. The summed E-state index contributed by atoms with van der Waals surface area (Å²) < 4.78 is 1.21. The van der Waals surface area contributed by atoms with Gasteiger partial charge in [-0.15, -0.1) is 0 Å². The van der Waals surface area contributed by atoms with Crippen molar-refractivity contribution in [3.05, 3.63) is 108 Å². The number of carbonyl (C=O) groups excluding carboxylic acids is 3. The second-order valence-corrected chi connectivity index (χ2v) is 11.2. The molecule has 4 rings (SSSR count). The Morgan fingerprint density at radius 2 is 1.37 bits per heavy atom. The Hall–Kier alpha value is -2.72. The molecule has 0 aliphatic carbocycles. The number of halogens is 5. The number of hydrogen-bond acceptors (Lipinski definition) is 7. The van der Waals surface area contributed by atoms with Crippen LogP contribution in [0.3, 0.4) is 0 Å². The van der Waals surface area contributed by atoms with Gasteiger partial charge in [0, 0.05) is 35.0 Å². The van der Waals surface area contributed by atoms with Crippen LogP contribution in [0.4, 0.5) is 11.4 Å². The molecular weight excluding hydrogens is 787 g/mol. The van der Waals surface area contributed by atoms with Gasteiger partial charge in [0.25, 0.3) is 29.1 Å². The van der Waals surface area contributed by atoms with E-state index < -0.39 is 51.1 Å². The largest absolute Gasteiger partial charge is 0.282 e. The van der Waals surface area contributed by atoms with Gasteiger partial charge in [0.15, 0.2) is 0 Å². The van der Waals surface area contributed by atoms with Crippen LogP contribution in [-0.2, 0) is 6.54 Å². The number of rotatable bonds is 6. The quantitative estimate of drug-likeness (QED) is 0.0855. The average molecular weight is 796 g/mol. The molecule has 0 radical (unpaired) electrons. The summed E-state index contributed by atoms with van der Waals surface area (Å²) in [5.74, 6) is -2.98. The molecule has 16 heteroatoms. The molecule has 0 fully saturated rings. The van der Waals surface area contributed by atoms with Crippen LogP contribution < -0.4 is 0 Å². The summed E-state index contributed by atoms with van der Waals surface area (Å²) in [7, 11) is 0. The van der Waals surface area contributed by atoms with Crippen LogP contribution in [-0.4, -0.2) is 37.6 Å². The van der Waals surface area contributed by atoms with E-state index in [0.29, 0.717) is 19.0 Å². The summed E-state index contributed by atoms with van der Waals surface area (Å²) in [5, 5.41) is 24.6. The Morgan fingerprint density at radius 1 is 0.842 bits per heavy atom. The number of hydrogen-bond donors (Lipinski definition) is 0. The smallest absolute Gasteiger partial charge is 0.267 e. The van der Waals surface area contributed by atoms with E-state index in [1.54, 1.807) is 0 Å². The van der Waals surface area contributed by atoms with E-state index in [1.165, 1.54) is 24.3 Å². The number of nitro benzene ring substituents is 2. The highest BCUT2D eigenvalue weighted by atomic mass is 79.9. The molecule has 3 aromatic rings. The highest BCUT2D eigenvalue weighted by Gasteiger charge is 2.46. The number of nitro groups is 2. The van der Waals surface area contributed by atoms with Gasteiger partial charge in [-0.3, -0.25) is 34.6 Å². The lowest BCUT2D eigenvalue weighted by Crippen LogP contribution is -2.49. The van der Waals surface area contributed by atoms with Gasteiger partial charge in [0.2, 0.25) is 0 Å². The van der Waals surface area contributed by atoms with Crippen LogP contribution in [0.25, 0.3) is 0 Å². The minimum absolute atomic E-state index is 0.0420. The van der Waals surface area contributed by atoms with E-state index in [2.05, 4.69) is 63.7 Å². The lowest BCUT2D eigenvalue weighted by atomic mass is 10.1. The van der Waals surface area contributed by atoms with Crippen LogP contribution in [0, 0.1) is 20.2 Å². The molecule has 0 saturated carbocycles. The van der Waals surface area contributed by atoms with Gasteiger partial charge in [-0.05, 0) is 81.9 Å². The minimum atomic E-state index is -1.11. The molecule has 3 aromatic carbocycles. The first-order chi connectivity index (χ1) is 17.9. The molecular formula is C22H9Br4ClN4O7. The number of hydrazine groups is 1. The fourth-order valence-electron chi connectivity index (χ4n) is 3.74. The molecule has 3 amide bonds. The maximum Gasteiger partial charge on any atom is 0.282 e. The monoisotopic (exact) mass is 792 g/mol. The van der Waals surface area contributed by atoms with Gasteiger partial charge in [0.1, 0.15) is 5.56 Å². The Labute approximate surface area is 251 Å². The molecule has 0 bridgehead atoms. The first-order valence-electron chi connectivity index (χ1n) is 10.1. The zero-order chi connectivity index (χ0) is 28.0. The van der Waals surface area contributed by atoms with Crippen LogP contribution in [0.5, 0.6) is 0 Å². The van der Waals surface area contributed by atoms with E-state index >= 15 is 0 Å². The van der Waals surface area contributed by atoms with Crippen LogP contribution in [0.1, 0.15) is 36.6 Å². The Balaban J connectivity index is 1.93. The normalized spacial score (nSPS) is 12.5. The van der Waals surface area contributed by atoms with Crippen molar-refractivity contribution in [3.8, 4) is 0 Å². The average Bonchev–Trinajstić information content (AvgIpc) is 3.14. The van der Waals surface area contributed by atoms with Crippen molar-refractivity contribution >= 4 is 104 Å². The Morgan fingerprint density at radius 3 is 1.89 bits per heavy atom. The summed E-state index contributed by atoms with van der Waals surface area (Å²) in [4.78, 5) is 62.9. The molecule has 0 saturated heterocycles. The highest BCUT2D eigenvalue weighted by Crippen LogP contribution is 2.46. The first-order valence-corrected chi connectivity index (χ1v) is 13.6. The zero-order valence-corrected chi connectivity index (χ0v) is 25.4. The van der Waals surface area contributed by atoms with Gasteiger partial charge in [0.05, 0.1) is 33.1 Å². The van der Waals surface area contributed by atoms with Gasteiger partial charge in [-0.1, -0.05) is 23.7 Å². The third kappa shape index (κ3) is 4.77. The summed E-state index contributed by atoms with van der Waals surface area (Å²) >= 11 is 19.1. The van der Waals surface area contributed by atoms with Crippen molar-refractivity contribution in [2.75, 3.05) is 0 Å². The summed E-state index contributed by atoms with van der Waals surface area (Å²) in [5.41, 5.74) is -1.78. The predicted octanol–water partition coefficient (Wildman–Crippen LogP) is 7.06. The predicted molar refractivity (Wildman–Crippen MR) is 149 cm³/mol. The number of para-hydroxylation sites is 1. The Kier molecular flexibility index (Phi) is 8.04. The zero-order valence-electron chi connectivity index (χ0n) is 18.3. The second-order valence-electron chi connectivity index (χ2n) is 7.60. The standard InChI is InChI=1S/C22H9Br4ClN4O7/c23-16-14-15(17(24)19(26)18(16)25)22(34)29(21(14)33)28(8-9-5-6-10(27)7-13(9)31(37)38)20(32)11-3-1-2-4-12(11)30(35)36/h1-7H,8H2. The number of fused-ring (bicyclic) bond motifs is 1. The highest BCUT2D eigenvalue weighted by molar-refractivity contribution is 9.15. The van der Waals surface area contributed by atoms with E-state index in [-0.39, 0.29) is 30.7 Å². The van der Waals surface area contributed by atoms with Crippen LogP contribution in [0.15, 0.2) is 60.4 Å². The molecule has 0 aromatic heterocycles. The molecule has 1 heterocycles. The van der Waals surface area contributed by atoms with Gasteiger partial charge in [-0.25, -0.2) is 5.01 Å². The number of carbonyl (C=O) groups is 3. The number of amides is 3. The van der Waals surface area contributed by atoms with Gasteiger partial charge in [-0.2, -0.15) is 5.01 Å². The number of imide groups is 1. The molecule has 11 nitrogen and oxygen atoms in total. The first kappa shape index (κ1) is 28.3. The number of nitrogens with zero attached hydrogens (tertiary/aromatic N) is 4. The fraction of sp³-hybridized carbons (Fsp3) is 0.0455. The van der Waals surface area contributed by atoms with E-state index in [9.17, 15) is 34.6 Å². The summed E-state index contributed by atoms with van der Waals surface area (Å²) in [6.07, 6.45) is 0. The van der Waals surface area contributed by atoms with Crippen molar-refractivity contribution < 1.29 is 24.2 Å². The third-order valence-electron chi connectivity index (χ3n) is 5.45. The van der Waals surface area contributed by atoms with E-state index in [0.717, 1.165) is 18.2 Å². The second kappa shape index (κ2) is 10.8. The molecule has 0 atom stereocenters. The van der Waals surface area contributed by atoms with Gasteiger partial charge >= 0.3 is 0 Å². The van der Waals surface area contributed by atoms with Crippen molar-refractivity contribution in [1.82, 2.24) is 10.0 Å². The summed E-state index contributed by atoms with van der Waals surface area (Å²) in [6.45, 7) is -0.665. The molecule has 194 valence electrons. The lowest BCUT2D eigenvalue weighted by Gasteiger charge is -2.30. The third-order valence-corrected chi connectivity index (χ3v) is 10.5. The number of benzene rings is 3.